The molecule has 2 amide bonds. The van der Waals surface area contributed by atoms with Crippen LogP contribution in [-0.2, 0) is 4.79 Å². The second-order valence-electron chi connectivity index (χ2n) is 8.53. The minimum Gasteiger partial charge on any atom is -0.451 e. The fraction of sp³-hybridized carbons (Fsp3) is 0.545. The van der Waals surface area contributed by atoms with E-state index in [2.05, 4.69) is 4.90 Å². The van der Waals surface area contributed by atoms with Crippen LogP contribution < -0.4 is 0 Å². The molecule has 5 nitrogen and oxygen atoms in total. The van der Waals surface area contributed by atoms with E-state index in [1.165, 1.54) is 19.3 Å². The average Bonchev–Trinajstić information content (AvgIpc) is 2.88. The first-order chi connectivity index (χ1) is 13.1. The fourth-order valence-electron chi connectivity index (χ4n) is 4.87. The van der Waals surface area contributed by atoms with Crippen molar-refractivity contribution in [2.75, 3.05) is 19.6 Å². The first kappa shape index (κ1) is 16.8. The van der Waals surface area contributed by atoms with E-state index in [0.29, 0.717) is 24.8 Å². The Morgan fingerprint density at radius 1 is 1.19 bits per heavy atom. The maximum Gasteiger partial charge on any atom is 0.289 e. The summed E-state index contributed by atoms with van der Waals surface area (Å²) in [6.07, 6.45) is 5.67. The summed E-state index contributed by atoms with van der Waals surface area (Å²) in [5.74, 6) is 1.17. The Hall–Kier alpha value is -2.30. The van der Waals surface area contributed by atoms with Crippen LogP contribution in [0.3, 0.4) is 0 Å². The molecule has 1 saturated carbocycles. The molecule has 0 unspecified atom stereocenters. The number of aryl methyl sites for hydroxylation is 1. The van der Waals surface area contributed by atoms with E-state index in [1.54, 1.807) is 0 Å². The Labute approximate surface area is 159 Å². The second-order valence-corrected chi connectivity index (χ2v) is 8.53. The Morgan fingerprint density at radius 3 is 2.78 bits per heavy atom. The second kappa shape index (κ2) is 6.39. The van der Waals surface area contributed by atoms with Gasteiger partial charge >= 0.3 is 0 Å². The lowest BCUT2D eigenvalue weighted by Crippen LogP contribution is -2.50. The highest BCUT2D eigenvalue weighted by molar-refractivity contribution is 5.97. The highest BCUT2D eigenvalue weighted by atomic mass is 16.3. The van der Waals surface area contributed by atoms with Crippen molar-refractivity contribution in [3.05, 3.63) is 35.6 Å². The third-order valence-corrected chi connectivity index (χ3v) is 6.71. The predicted octanol–water partition coefficient (Wildman–Crippen LogP) is 3.60. The molecule has 1 aromatic carbocycles. The number of carbonyl (C=O) groups excluding carboxylic acids is 2. The van der Waals surface area contributed by atoms with E-state index < -0.39 is 0 Å². The first-order valence-electron chi connectivity index (χ1n) is 10.2. The molecule has 1 aromatic heterocycles. The van der Waals surface area contributed by atoms with E-state index >= 15 is 0 Å². The molecule has 27 heavy (non-hydrogen) atoms. The summed E-state index contributed by atoms with van der Waals surface area (Å²) in [7, 11) is 0. The van der Waals surface area contributed by atoms with Crippen LogP contribution in [0.5, 0.6) is 0 Å². The molecule has 2 aromatic rings. The van der Waals surface area contributed by atoms with Gasteiger partial charge in [-0.05, 0) is 50.2 Å². The van der Waals surface area contributed by atoms with Crippen molar-refractivity contribution in [1.82, 2.24) is 9.80 Å². The number of furan rings is 1. The predicted molar refractivity (Wildman–Crippen MR) is 102 cm³/mol. The van der Waals surface area contributed by atoms with Gasteiger partial charge in [-0.15, -0.1) is 0 Å². The van der Waals surface area contributed by atoms with E-state index in [9.17, 15) is 9.59 Å². The molecule has 4 aliphatic rings. The maximum absolute atomic E-state index is 13.2. The van der Waals surface area contributed by atoms with Gasteiger partial charge < -0.3 is 14.2 Å². The largest absolute Gasteiger partial charge is 0.451 e. The van der Waals surface area contributed by atoms with Crippen LogP contribution in [0.1, 0.15) is 48.2 Å². The van der Waals surface area contributed by atoms with Crippen molar-refractivity contribution in [1.29, 1.82) is 0 Å². The van der Waals surface area contributed by atoms with Crippen molar-refractivity contribution in [2.45, 2.75) is 45.1 Å². The monoisotopic (exact) mass is 366 g/mol. The smallest absolute Gasteiger partial charge is 0.289 e. The number of benzene rings is 1. The lowest BCUT2D eigenvalue weighted by atomic mass is 9.83. The SMILES string of the molecule is Cc1cccc2cc(C(=O)N3C[C@@H]4CC[C@H](C3)N(CC3CCC3)C4=O)oc12. The van der Waals surface area contributed by atoms with Crippen molar-refractivity contribution in [3.8, 4) is 0 Å². The van der Waals surface area contributed by atoms with Crippen molar-refractivity contribution in [2.24, 2.45) is 11.8 Å². The van der Waals surface area contributed by atoms with Crippen LogP contribution in [0.15, 0.2) is 28.7 Å². The van der Waals surface area contributed by atoms with Crippen LogP contribution in [-0.4, -0.2) is 47.3 Å². The Morgan fingerprint density at radius 2 is 2.04 bits per heavy atom. The van der Waals surface area contributed by atoms with Gasteiger partial charge in [0.1, 0.15) is 5.58 Å². The molecule has 5 heteroatoms. The molecule has 2 bridgehead atoms. The van der Waals surface area contributed by atoms with Gasteiger partial charge in [0, 0.05) is 31.1 Å². The Bertz CT molecular complexity index is 898. The maximum atomic E-state index is 13.2. The third kappa shape index (κ3) is 2.84. The average molecular weight is 366 g/mol. The zero-order valence-electron chi connectivity index (χ0n) is 15.8. The van der Waals surface area contributed by atoms with E-state index in [-0.39, 0.29) is 23.8 Å². The van der Waals surface area contributed by atoms with Crippen molar-refractivity contribution >= 4 is 22.8 Å². The highest BCUT2D eigenvalue weighted by Gasteiger charge is 2.43. The minimum atomic E-state index is -0.0826. The van der Waals surface area contributed by atoms with Gasteiger partial charge in [-0.25, -0.2) is 0 Å². The molecule has 1 aliphatic carbocycles. The number of piperidine rings is 1. The number of rotatable bonds is 3. The topological polar surface area (TPSA) is 53.8 Å². The van der Waals surface area contributed by atoms with Gasteiger partial charge in [0.05, 0.1) is 5.92 Å². The van der Waals surface area contributed by atoms with E-state index in [4.69, 9.17) is 4.42 Å². The summed E-state index contributed by atoms with van der Waals surface area (Å²) in [5.41, 5.74) is 1.81. The molecule has 3 saturated heterocycles. The molecule has 2 atom stereocenters. The normalized spacial score (nSPS) is 25.7. The van der Waals surface area contributed by atoms with Crippen LogP contribution >= 0.6 is 0 Å². The standard InChI is InChI=1S/C22H26N2O3/c1-14-4-2-7-16-10-19(27-20(14)16)22(26)23-12-17-8-9-18(13-23)24(21(17)25)11-15-5-3-6-15/h2,4,7,10,15,17-18H,3,5-6,8-9,11-13H2,1H3/t17-,18+/m0/s1. The van der Waals surface area contributed by atoms with Crippen LogP contribution in [0.25, 0.3) is 11.0 Å². The molecule has 3 aliphatic heterocycles. The molecule has 0 spiro atoms. The summed E-state index contributed by atoms with van der Waals surface area (Å²) in [5, 5.41) is 0.957. The summed E-state index contributed by atoms with van der Waals surface area (Å²) in [6, 6.07) is 7.93. The number of amides is 2. The van der Waals surface area contributed by atoms with Gasteiger partial charge in [0.25, 0.3) is 5.91 Å². The molecule has 6 rings (SSSR count). The number of hydrogen-bond acceptors (Lipinski definition) is 3. The van der Waals surface area contributed by atoms with Crippen LogP contribution in [0.4, 0.5) is 0 Å². The Kier molecular flexibility index (Phi) is 3.99. The highest BCUT2D eigenvalue weighted by Crippen LogP contribution is 2.34. The summed E-state index contributed by atoms with van der Waals surface area (Å²) in [6.45, 7) is 4.02. The lowest BCUT2D eigenvalue weighted by molar-refractivity contribution is -0.141. The molecular weight excluding hydrogens is 340 g/mol. The number of nitrogens with zero attached hydrogens (tertiary/aromatic N) is 2. The fourth-order valence-corrected chi connectivity index (χ4v) is 4.87. The quantitative estimate of drug-likeness (QED) is 0.834. The van der Waals surface area contributed by atoms with Crippen molar-refractivity contribution in [3.63, 3.8) is 0 Å². The molecule has 0 N–H and O–H groups in total. The number of para-hydroxylation sites is 1. The lowest BCUT2D eigenvalue weighted by Gasteiger charge is -2.40. The molecular formula is C22H26N2O3. The molecule has 0 radical (unpaired) electrons. The number of hydrogen-bond donors (Lipinski definition) is 0. The van der Waals surface area contributed by atoms with E-state index in [1.807, 2.05) is 36.1 Å². The summed E-state index contributed by atoms with van der Waals surface area (Å²) in [4.78, 5) is 30.0. The van der Waals surface area contributed by atoms with Gasteiger partial charge in [-0.1, -0.05) is 24.6 Å². The third-order valence-electron chi connectivity index (χ3n) is 6.71. The number of fused-ring (bicyclic) bond motifs is 5. The minimum absolute atomic E-state index is 0.0566. The zero-order chi connectivity index (χ0) is 18.5. The Balaban J connectivity index is 1.39. The van der Waals surface area contributed by atoms with Gasteiger partial charge in [-0.3, -0.25) is 9.59 Å². The zero-order valence-corrected chi connectivity index (χ0v) is 15.8. The van der Waals surface area contributed by atoms with Crippen LogP contribution in [0.2, 0.25) is 0 Å². The summed E-state index contributed by atoms with van der Waals surface area (Å²) < 4.78 is 5.90. The van der Waals surface area contributed by atoms with Crippen molar-refractivity contribution < 1.29 is 14.0 Å². The number of carbonyl (C=O) groups is 2. The van der Waals surface area contributed by atoms with Crippen LogP contribution in [0, 0.1) is 18.8 Å². The van der Waals surface area contributed by atoms with Gasteiger partial charge in [0.2, 0.25) is 5.91 Å². The molecule has 4 heterocycles. The first-order valence-corrected chi connectivity index (χ1v) is 10.2. The molecule has 4 fully saturated rings. The van der Waals surface area contributed by atoms with E-state index in [0.717, 1.165) is 35.9 Å². The van der Waals surface area contributed by atoms with Gasteiger partial charge in [-0.2, -0.15) is 0 Å². The van der Waals surface area contributed by atoms with Gasteiger partial charge in [0.15, 0.2) is 5.76 Å². The molecule has 142 valence electrons. The summed E-state index contributed by atoms with van der Waals surface area (Å²) >= 11 is 0.